The molecule has 2 aliphatic carbocycles. The zero-order valence-corrected chi connectivity index (χ0v) is 25.7. The minimum absolute atomic E-state index is 0. The molecular weight excluding hydrogens is 578 g/mol. The van der Waals surface area contributed by atoms with Crippen LogP contribution in [0.5, 0.6) is 0 Å². The second kappa shape index (κ2) is 9.50. The predicted octanol–water partition coefficient (Wildman–Crippen LogP) is 8.17. The van der Waals surface area contributed by atoms with E-state index in [2.05, 4.69) is 43.8 Å². The maximum atomic E-state index is 14.8. The van der Waals surface area contributed by atoms with Crippen LogP contribution in [0.1, 0.15) is 48.0 Å². The van der Waals surface area contributed by atoms with E-state index in [1.54, 1.807) is 0 Å². The van der Waals surface area contributed by atoms with Gasteiger partial charge in [-0.05, 0) is 0 Å². The van der Waals surface area contributed by atoms with Gasteiger partial charge < -0.3 is 0 Å². The van der Waals surface area contributed by atoms with E-state index in [0.29, 0.717) is 11.5 Å². The van der Waals surface area contributed by atoms with Crippen LogP contribution in [0.3, 0.4) is 0 Å². The molecule has 2 unspecified atom stereocenters. The quantitative estimate of drug-likeness (QED) is 0.143. The Morgan fingerprint density at radius 3 is 1.97 bits per heavy atom. The standard InChI is InChI=1S/C15H7F4.C9H13.2CH3.2ClH.H2Si.Zr/c16-12-7-11(13(17)15(19)14(12)18)10-6-5-8-3-1-2-4-9(8)10;1-6-5-7(2)9(4)8(6)3;;;;;;/h1-7H;6H,1-4H3;2*1H3;2*1H;1H2;. The van der Waals surface area contributed by atoms with Crippen molar-refractivity contribution in [2.24, 2.45) is 5.92 Å². The molecule has 34 heavy (non-hydrogen) atoms. The van der Waals surface area contributed by atoms with E-state index < -0.39 is 40.7 Å². The number of rotatable bonds is 3. The van der Waals surface area contributed by atoms with Crippen LogP contribution >= 0.6 is 24.8 Å². The van der Waals surface area contributed by atoms with E-state index in [-0.39, 0.29) is 34.0 Å². The largest absolute Gasteiger partial charge is 0.147 e. The monoisotopic (exact) mass is 606 g/mol. The Morgan fingerprint density at radius 1 is 0.824 bits per heavy atom. The Balaban J connectivity index is 0.00000204. The fraction of sp³-hybridized carbons (Fsp3) is 0.308. The molecule has 0 aliphatic heterocycles. The molecule has 2 atom stereocenters. The summed E-state index contributed by atoms with van der Waals surface area (Å²) in [5.74, 6) is -5.93. The van der Waals surface area contributed by atoms with Crippen LogP contribution in [0, 0.1) is 29.2 Å². The molecule has 2 aromatic rings. The van der Waals surface area contributed by atoms with E-state index >= 15 is 0 Å². The molecule has 0 radical (unpaired) electrons. The summed E-state index contributed by atoms with van der Waals surface area (Å²) >= 11 is -3.75. The molecule has 8 heteroatoms. The second-order valence-corrected chi connectivity index (χ2v) is 39.9. The zero-order valence-electron chi connectivity index (χ0n) is 20.2. The van der Waals surface area contributed by atoms with Gasteiger partial charge in [-0.15, -0.1) is 24.8 Å². The first kappa shape index (κ1) is 29.3. The third kappa shape index (κ3) is 4.17. The van der Waals surface area contributed by atoms with Crippen molar-refractivity contribution < 1.29 is 35.0 Å². The maximum absolute atomic E-state index is 14.8. The van der Waals surface area contributed by atoms with Crippen LogP contribution in [0.15, 0.2) is 56.4 Å². The first-order chi connectivity index (χ1) is 14.8. The van der Waals surface area contributed by atoms with Crippen LogP contribution in [-0.2, 0) is 17.4 Å². The summed E-state index contributed by atoms with van der Waals surface area (Å²) in [5.41, 5.74) is 6.13. The molecule has 0 saturated carbocycles. The minimum Gasteiger partial charge on any atom is -0.147 e. The number of fused-ring (bicyclic) bond motifs is 1. The van der Waals surface area contributed by atoms with Gasteiger partial charge in [-0.3, -0.25) is 0 Å². The molecule has 4 rings (SSSR count). The van der Waals surface area contributed by atoms with Crippen molar-refractivity contribution in [3.8, 4) is 0 Å². The normalized spacial score (nSPS) is 20.1. The van der Waals surface area contributed by atoms with E-state index in [4.69, 9.17) is 0 Å². The van der Waals surface area contributed by atoms with Crippen molar-refractivity contribution in [2.45, 2.75) is 40.6 Å². The van der Waals surface area contributed by atoms with Crippen molar-refractivity contribution in [1.82, 2.24) is 0 Å². The molecule has 0 amide bonds. The molecule has 0 N–H and O–H groups in total. The van der Waals surface area contributed by atoms with E-state index in [0.717, 1.165) is 17.2 Å². The van der Waals surface area contributed by atoms with Gasteiger partial charge >= 0.3 is 190 Å². The Labute approximate surface area is 213 Å². The molecule has 0 saturated heterocycles. The predicted molar refractivity (Wildman–Crippen MR) is 138 cm³/mol. The molecule has 0 bridgehead atoms. The van der Waals surface area contributed by atoms with Crippen LogP contribution in [0.4, 0.5) is 17.6 Å². The summed E-state index contributed by atoms with van der Waals surface area (Å²) in [5, 5.41) is 0. The number of allylic oxidation sites excluding steroid dienone is 5. The fourth-order valence-corrected chi connectivity index (χ4v) is 24.5. The Kier molecular flexibility index (Phi) is 8.18. The maximum Gasteiger partial charge on any atom is -0.147 e. The molecule has 0 aromatic heterocycles. The molecule has 2 aromatic carbocycles. The van der Waals surface area contributed by atoms with Gasteiger partial charge in [0.25, 0.3) is 0 Å². The molecule has 184 valence electrons. The topological polar surface area (TPSA) is 0 Å². The van der Waals surface area contributed by atoms with Gasteiger partial charge in [0.2, 0.25) is 0 Å². The molecular formula is C26H30Cl2F4SiZr. The first-order valence-electron chi connectivity index (χ1n) is 10.9. The summed E-state index contributed by atoms with van der Waals surface area (Å²) in [6.45, 7) is 10.9. The smallest absolute Gasteiger partial charge is 0.147 e. The van der Waals surface area contributed by atoms with Crippen molar-refractivity contribution in [3.63, 3.8) is 0 Å². The summed E-state index contributed by atoms with van der Waals surface area (Å²) in [4.78, 5) is 0. The Hall–Kier alpha value is -0.940. The zero-order chi connectivity index (χ0) is 23.8. The van der Waals surface area contributed by atoms with Gasteiger partial charge in [0.15, 0.2) is 0 Å². The first-order valence-corrected chi connectivity index (χ1v) is 24.4. The Morgan fingerprint density at radius 2 is 1.41 bits per heavy atom. The van der Waals surface area contributed by atoms with Gasteiger partial charge in [0, 0.05) is 0 Å². The SMILES string of the molecule is CC1=C(C)C(C)[C]([Zr]([CH3])([CH3])(=[SiH2])[CH]2C=C(c3cc(F)c(F)c(F)c3F)c3ccccc32)=C1C.Cl.Cl. The van der Waals surface area contributed by atoms with Crippen molar-refractivity contribution in [3.05, 3.63) is 96.4 Å². The second-order valence-electron chi connectivity index (χ2n) is 10.4. The number of hydrogen-bond donors (Lipinski definition) is 0. The molecule has 0 heterocycles. The van der Waals surface area contributed by atoms with Crippen molar-refractivity contribution in [2.75, 3.05) is 0 Å². The Bertz CT molecular complexity index is 1350. The van der Waals surface area contributed by atoms with E-state index in [1.165, 1.54) is 20.0 Å². The van der Waals surface area contributed by atoms with E-state index in [1.807, 2.05) is 30.3 Å². The van der Waals surface area contributed by atoms with Crippen molar-refractivity contribution in [1.29, 1.82) is 0 Å². The average Bonchev–Trinajstić information content (AvgIpc) is 3.22. The number of hydrogen-bond acceptors (Lipinski definition) is 0. The van der Waals surface area contributed by atoms with Gasteiger partial charge in [-0.2, -0.15) is 0 Å². The van der Waals surface area contributed by atoms with E-state index in [9.17, 15) is 17.6 Å². The number of halogens is 6. The van der Waals surface area contributed by atoms with Crippen LogP contribution in [-0.4, -0.2) is 6.88 Å². The third-order valence-corrected chi connectivity index (χ3v) is 25.1. The van der Waals surface area contributed by atoms with Gasteiger partial charge in [0.05, 0.1) is 0 Å². The third-order valence-electron chi connectivity index (χ3n) is 7.83. The summed E-state index contributed by atoms with van der Waals surface area (Å²) in [6, 6.07) is 8.48. The summed E-state index contributed by atoms with van der Waals surface area (Å²) in [6.07, 6.45) is 1.99. The van der Waals surface area contributed by atoms with Crippen LogP contribution in [0.2, 0.25) is 9.26 Å². The fourth-order valence-electron chi connectivity index (χ4n) is 5.99. The van der Waals surface area contributed by atoms with Crippen LogP contribution < -0.4 is 0 Å². The van der Waals surface area contributed by atoms with Crippen molar-refractivity contribution >= 4 is 37.3 Å². The molecule has 0 spiro atoms. The summed E-state index contributed by atoms with van der Waals surface area (Å²) < 4.78 is 63.0. The average molecular weight is 609 g/mol. The molecule has 0 fully saturated rings. The molecule has 0 nitrogen and oxygen atoms in total. The summed E-state index contributed by atoms with van der Waals surface area (Å²) in [7, 11) is 0. The number of benzene rings is 2. The minimum atomic E-state index is -3.75. The van der Waals surface area contributed by atoms with Gasteiger partial charge in [-0.25, -0.2) is 0 Å². The van der Waals surface area contributed by atoms with Gasteiger partial charge in [0.1, 0.15) is 0 Å². The molecule has 2 aliphatic rings. The van der Waals surface area contributed by atoms with Crippen LogP contribution in [0.25, 0.3) is 5.57 Å². The van der Waals surface area contributed by atoms with Gasteiger partial charge in [-0.1, -0.05) is 0 Å².